The van der Waals surface area contributed by atoms with Gasteiger partial charge in [-0.25, -0.2) is 9.07 Å². The Morgan fingerprint density at radius 2 is 1.93 bits per heavy atom. The van der Waals surface area contributed by atoms with Crippen LogP contribution in [-0.2, 0) is 6.42 Å². The molecule has 2 N–H and O–H groups in total. The average Bonchev–Trinajstić information content (AvgIpc) is 3.23. The molecule has 1 heterocycles. The van der Waals surface area contributed by atoms with Crippen LogP contribution in [0.2, 0.25) is 0 Å². The Morgan fingerprint density at radius 1 is 1.13 bits per heavy atom. The number of aromatic nitrogens is 2. The third-order valence-electron chi connectivity index (χ3n) is 4.36. The van der Waals surface area contributed by atoms with E-state index in [1.165, 1.54) is 12.1 Å². The molecule has 3 aromatic rings. The predicted molar refractivity (Wildman–Crippen MR) is 116 cm³/mol. The lowest BCUT2D eigenvalue weighted by Gasteiger charge is -2.14. The summed E-state index contributed by atoms with van der Waals surface area (Å²) in [5.74, 6) is 1.73. The molecule has 1 aromatic heterocycles. The van der Waals surface area contributed by atoms with Gasteiger partial charge in [-0.15, -0.1) is 0 Å². The van der Waals surface area contributed by atoms with Crippen LogP contribution in [0.3, 0.4) is 0 Å². The lowest BCUT2D eigenvalue weighted by Crippen LogP contribution is -2.32. The second kappa shape index (κ2) is 10.3. The number of aliphatic imine (C=N–C) groups is 1. The van der Waals surface area contributed by atoms with Crippen molar-refractivity contribution in [3.05, 3.63) is 66.2 Å². The number of guanidine groups is 1. The Kier molecular flexibility index (Phi) is 7.26. The number of methoxy groups -OCH3 is 1. The summed E-state index contributed by atoms with van der Waals surface area (Å²) in [4.78, 5) is 4.26. The molecule has 0 bridgehead atoms. The Morgan fingerprint density at radius 3 is 2.63 bits per heavy atom. The van der Waals surface area contributed by atoms with Crippen LogP contribution in [0.1, 0.15) is 12.6 Å². The van der Waals surface area contributed by atoms with Crippen LogP contribution in [0.15, 0.2) is 59.7 Å². The first-order valence-electron chi connectivity index (χ1n) is 9.72. The van der Waals surface area contributed by atoms with Gasteiger partial charge in [0.15, 0.2) is 17.5 Å². The minimum atomic E-state index is -0.264. The van der Waals surface area contributed by atoms with Crippen molar-refractivity contribution in [3.8, 4) is 17.2 Å². The van der Waals surface area contributed by atoms with Gasteiger partial charge < -0.3 is 20.1 Å². The van der Waals surface area contributed by atoms with Crippen molar-refractivity contribution in [2.75, 3.05) is 32.6 Å². The molecule has 0 saturated carbocycles. The van der Waals surface area contributed by atoms with E-state index >= 15 is 0 Å². The molecule has 0 aliphatic heterocycles. The van der Waals surface area contributed by atoms with Gasteiger partial charge in [-0.3, -0.25) is 4.99 Å². The number of hydrogen-bond acceptors (Lipinski definition) is 4. The zero-order valence-electron chi connectivity index (χ0n) is 17.4. The maximum absolute atomic E-state index is 13.1. The number of rotatable bonds is 8. The van der Waals surface area contributed by atoms with Gasteiger partial charge in [-0.05, 0) is 49.4 Å². The summed E-state index contributed by atoms with van der Waals surface area (Å²) in [7, 11) is 3.33. The normalized spacial score (nSPS) is 11.3. The van der Waals surface area contributed by atoms with E-state index in [0.29, 0.717) is 37.0 Å². The van der Waals surface area contributed by atoms with Gasteiger partial charge in [0.1, 0.15) is 5.82 Å². The summed E-state index contributed by atoms with van der Waals surface area (Å²) >= 11 is 0. The van der Waals surface area contributed by atoms with Crippen molar-refractivity contribution in [2.24, 2.45) is 4.99 Å². The van der Waals surface area contributed by atoms with Crippen LogP contribution < -0.4 is 20.1 Å². The lowest BCUT2D eigenvalue weighted by molar-refractivity contribution is 0.311. The first-order valence-corrected chi connectivity index (χ1v) is 9.72. The van der Waals surface area contributed by atoms with Crippen molar-refractivity contribution in [1.29, 1.82) is 0 Å². The predicted octanol–water partition coefficient (Wildman–Crippen LogP) is 3.65. The zero-order valence-corrected chi connectivity index (χ0v) is 17.4. The monoisotopic (exact) mass is 411 g/mol. The quantitative estimate of drug-likeness (QED) is 0.437. The Bertz CT molecular complexity index is 985. The fourth-order valence-corrected chi connectivity index (χ4v) is 2.88. The topological polar surface area (TPSA) is 72.7 Å². The van der Waals surface area contributed by atoms with E-state index in [0.717, 1.165) is 17.1 Å². The molecule has 158 valence electrons. The number of anilines is 1. The van der Waals surface area contributed by atoms with Gasteiger partial charge in [0, 0.05) is 38.0 Å². The molecule has 0 spiro atoms. The molecule has 3 rings (SSSR count). The van der Waals surface area contributed by atoms with Crippen LogP contribution >= 0.6 is 0 Å². The zero-order chi connectivity index (χ0) is 21.3. The minimum Gasteiger partial charge on any atom is -0.493 e. The largest absolute Gasteiger partial charge is 0.493 e. The molecule has 0 aliphatic carbocycles. The Balaban J connectivity index is 1.55. The second-order valence-electron chi connectivity index (χ2n) is 6.40. The molecule has 0 radical (unpaired) electrons. The van der Waals surface area contributed by atoms with Crippen LogP contribution in [0, 0.1) is 5.82 Å². The molecule has 30 heavy (non-hydrogen) atoms. The SMILES string of the molecule is CCOc1cc(NC(=NC)NCCc2ccn(-c3ccc(F)cc3)n2)ccc1OC. The van der Waals surface area contributed by atoms with Crippen LogP contribution in [-0.4, -0.2) is 43.0 Å². The fraction of sp³-hybridized carbons (Fsp3) is 0.273. The summed E-state index contributed by atoms with van der Waals surface area (Å²) in [5, 5.41) is 11.0. The van der Waals surface area contributed by atoms with Gasteiger partial charge in [-0.1, -0.05) is 0 Å². The van der Waals surface area contributed by atoms with E-state index in [4.69, 9.17) is 9.47 Å². The molecule has 7 nitrogen and oxygen atoms in total. The molecule has 0 atom stereocenters. The highest BCUT2D eigenvalue weighted by molar-refractivity contribution is 5.93. The van der Waals surface area contributed by atoms with Crippen molar-refractivity contribution >= 4 is 11.6 Å². The lowest BCUT2D eigenvalue weighted by atomic mass is 10.2. The van der Waals surface area contributed by atoms with Crippen molar-refractivity contribution in [2.45, 2.75) is 13.3 Å². The number of ether oxygens (including phenoxy) is 2. The summed E-state index contributed by atoms with van der Waals surface area (Å²) in [5.41, 5.74) is 2.58. The average molecular weight is 411 g/mol. The van der Waals surface area contributed by atoms with Gasteiger partial charge in [0.25, 0.3) is 0 Å². The first kappa shape index (κ1) is 21.2. The Labute approximate surface area is 175 Å². The van der Waals surface area contributed by atoms with Gasteiger partial charge >= 0.3 is 0 Å². The molecule has 2 aromatic carbocycles. The van der Waals surface area contributed by atoms with Crippen molar-refractivity contribution < 1.29 is 13.9 Å². The van der Waals surface area contributed by atoms with E-state index in [-0.39, 0.29) is 5.82 Å². The van der Waals surface area contributed by atoms with Gasteiger partial charge in [0.05, 0.1) is 25.1 Å². The minimum absolute atomic E-state index is 0.264. The molecule has 0 aliphatic rings. The van der Waals surface area contributed by atoms with Crippen LogP contribution in [0.4, 0.5) is 10.1 Å². The molecule has 8 heteroatoms. The molecule has 0 saturated heterocycles. The standard InChI is InChI=1S/C22H26FN5O2/c1-4-30-21-15-18(7-10-20(21)29-3)26-22(24-2)25-13-11-17-12-14-28(27-17)19-8-5-16(23)6-9-19/h5-10,12,14-15H,4,11,13H2,1-3H3,(H2,24,25,26). The maximum atomic E-state index is 13.1. The van der Waals surface area contributed by atoms with E-state index < -0.39 is 0 Å². The van der Waals surface area contributed by atoms with E-state index in [2.05, 4.69) is 20.7 Å². The third-order valence-corrected chi connectivity index (χ3v) is 4.36. The summed E-state index contributed by atoms with van der Waals surface area (Å²) in [6, 6.07) is 13.8. The summed E-state index contributed by atoms with van der Waals surface area (Å²) < 4.78 is 25.7. The summed E-state index contributed by atoms with van der Waals surface area (Å²) in [6.45, 7) is 3.13. The Hall–Kier alpha value is -3.55. The van der Waals surface area contributed by atoms with Gasteiger partial charge in [-0.2, -0.15) is 5.10 Å². The van der Waals surface area contributed by atoms with Crippen molar-refractivity contribution in [1.82, 2.24) is 15.1 Å². The smallest absolute Gasteiger partial charge is 0.195 e. The molecular formula is C22H26FN5O2. The van der Waals surface area contributed by atoms with E-state index in [1.54, 1.807) is 31.0 Å². The second-order valence-corrected chi connectivity index (χ2v) is 6.40. The first-order chi connectivity index (χ1) is 14.6. The summed E-state index contributed by atoms with van der Waals surface area (Å²) in [6.07, 6.45) is 2.57. The highest BCUT2D eigenvalue weighted by atomic mass is 19.1. The third kappa shape index (κ3) is 5.50. The number of nitrogens with zero attached hydrogens (tertiary/aromatic N) is 3. The highest BCUT2D eigenvalue weighted by Crippen LogP contribution is 2.30. The molecular weight excluding hydrogens is 385 g/mol. The highest BCUT2D eigenvalue weighted by Gasteiger charge is 2.07. The number of benzene rings is 2. The number of nitrogens with one attached hydrogen (secondary N) is 2. The molecule has 0 unspecified atom stereocenters. The van der Waals surface area contributed by atoms with Crippen LogP contribution in [0.25, 0.3) is 5.69 Å². The van der Waals surface area contributed by atoms with Crippen LogP contribution in [0.5, 0.6) is 11.5 Å². The molecule has 0 amide bonds. The van der Waals surface area contributed by atoms with E-state index in [9.17, 15) is 4.39 Å². The molecule has 0 fully saturated rings. The number of halogens is 1. The van der Waals surface area contributed by atoms with E-state index in [1.807, 2.05) is 37.4 Å². The van der Waals surface area contributed by atoms with Gasteiger partial charge in [0.2, 0.25) is 0 Å². The maximum Gasteiger partial charge on any atom is 0.195 e. The number of hydrogen-bond donors (Lipinski definition) is 2. The fourth-order valence-electron chi connectivity index (χ4n) is 2.88. The van der Waals surface area contributed by atoms with Crippen molar-refractivity contribution in [3.63, 3.8) is 0 Å².